The summed E-state index contributed by atoms with van der Waals surface area (Å²) in [7, 11) is 0. The van der Waals surface area contributed by atoms with Crippen LogP contribution in [0.1, 0.15) is 5.56 Å². The predicted octanol–water partition coefficient (Wildman–Crippen LogP) is 1.85. The Labute approximate surface area is 131 Å². The van der Waals surface area contributed by atoms with E-state index in [1.54, 1.807) is 48.8 Å². The number of para-hydroxylation sites is 1. The van der Waals surface area contributed by atoms with Crippen molar-refractivity contribution in [1.29, 1.82) is 5.26 Å². The number of nitrogens with zero attached hydrogens (tertiary/aromatic N) is 4. The first-order valence-electron chi connectivity index (χ1n) is 6.88. The highest BCUT2D eigenvalue weighted by Crippen LogP contribution is 2.17. The summed E-state index contributed by atoms with van der Waals surface area (Å²) in [6.45, 7) is 0.444. The van der Waals surface area contributed by atoms with Crippen LogP contribution in [0.3, 0.4) is 0 Å². The van der Waals surface area contributed by atoms with Gasteiger partial charge in [0.2, 0.25) is 0 Å². The van der Waals surface area contributed by atoms with Crippen molar-refractivity contribution >= 4 is 0 Å². The van der Waals surface area contributed by atoms with Gasteiger partial charge in [0.15, 0.2) is 5.82 Å². The molecular weight excluding hydrogens is 296 g/mol. The zero-order valence-electron chi connectivity index (χ0n) is 12.0. The van der Waals surface area contributed by atoms with Crippen LogP contribution >= 0.6 is 0 Å². The van der Waals surface area contributed by atoms with E-state index in [9.17, 15) is 4.79 Å². The van der Waals surface area contributed by atoms with E-state index in [0.29, 0.717) is 22.7 Å². The maximum Gasteiger partial charge on any atom is 0.441 e. The third-order valence-corrected chi connectivity index (χ3v) is 3.19. The van der Waals surface area contributed by atoms with Gasteiger partial charge in [-0.1, -0.05) is 17.3 Å². The SMILES string of the molecule is N#Cc1ccccc1OCCn1c(-c2cccnc2)noc1=O. The molecule has 0 aliphatic heterocycles. The molecule has 0 bridgehead atoms. The van der Waals surface area contributed by atoms with E-state index in [4.69, 9.17) is 14.5 Å². The quantitative estimate of drug-likeness (QED) is 0.714. The fourth-order valence-electron chi connectivity index (χ4n) is 2.10. The van der Waals surface area contributed by atoms with Gasteiger partial charge in [0.25, 0.3) is 0 Å². The standard InChI is InChI=1S/C16H12N4O3/c17-10-12-4-1-2-6-14(12)22-9-8-20-15(19-23-16(20)21)13-5-3-7-18-11-13/h1-7,11H,8-9H2. The van der Waals surface area contributed by atoms with Crippen molar-refractivity contribution in [3.8, 4) is 23.2 Å². The molecule has 0 saturated carbocycles. The summed E-state index contributed by atoms with van der Waals surface area (Å²) in [4.78, 5) is 15.8. The molecule has 3 rings (SSSR count). The number of ether oxygens (including phenoxy) is 1. The average molecular weight is 308 g/mol. The monoisotopic (exact) mass is 308 g/mol. The third-order valence-electron chi connectivity index (χ3n) is 3.19. The number of hydrogen-bond donors (Lipinski definition) is 0. The van der Waals surface area contributed by atoms with Crippen LogP contribution in [0.2, 0.25) is 0 Å². The molecule has 114 valence electrons. The largest absolute Gasteiger partial charge is 0.490 e. The predicted molar refractivity (Wildman–Crippen MR) is 80.6 cm³/mol. The van der Waals surface area contributed by atoms with Gasteiger partial charge in [0.1, 0.15) is 18.4 Å². The van der Waals surface area contributed by atoms with E-state index < -0.39 is 5.76 Å². The second-order valence-electron chi connectivity index (χ2n) is 4.62. The molecule has 0 aliphatic carbocycles. The Morgan fingerprint density at radius 1 is 1.26 bits per heavy atom. The summed E-state index contributed by atoms with van der Waals surface area (Å²) >= 11 is 0. The van der Waals surface area contributed by atoms with E-state index in [0.717, 1.165) is 0 Å². The molecule has 0 radical (unpaired) electrons. The highest BCUT2D eigenvalue weighted by atomic mass is 16.5. The van der Waals surface area contributed by atoms with Crippen molar-refractivity contribution in [1.82, 2.24) is 14.7 Å². The van der Waals surface area contributed by atoms with E-state index in [1.165, 1.54) is 4.57 Å². The summed E-state index contributed by atoms with van der Waals surface area (Å²) in [6, 6.07) is 12.5. The number of nitriles is 1. The maximum atomic E-state index is 11.8. The normalized spacial score (nSPS) is 10.2. The van der Waals surface area contributed by atoms with Gasteiger partial charge in [-0.25, -0.2) is 4.79 Å². The van der Waals surface area contributed by atoms with Gasteiger partial charge >= 0.3 is 5.76 Å². The number of aromatic nitrogens is 3. The Balaban J connectivity index is 1.76. The number of rotatable bonds is 5. The third kappa shape index (κ3) is 3.11. The topological polar surface area (TPSA) is 93.9 Å². The minimum Gasteiger partial charge on any atom is -0.490 e. The van der Waals surface area contributed by atoms with Gasteiger partial charge in [-0.3, -0.25) is 14.1 Å². The van der Waals surface area contributed by atoms with Crippen LogP contribution in [0, 0.1) is 11.3 Å². The molecule has 0 fully saturated rings. The summed E-state index contributed by atoms with van der Waals surface area (Å²) in [5.41, 5.74) is 1.12. The van der Waals surface area contributed by atoms with Gasteiger partial charge in [-0.05, 0) is 24.3 Å². The Kier molecular flexibility index (Phi) is 4.16. The second-order valence-corrected chi connectivity index (χ2v) is 4.62. The lowest BCUT2D eigenvalue weighted by atomic mass is 10.2. The van der Waals surface area contributed by atoms with Crippen molar-refractivity contribution < 1.29 is 9.26 Å². The molecule has 2 heterocycles. The average Bonchev–Trinajstić information content (AvgIpc) is 2.97. The molecule has 0 saturated heterocycles. The molecule has 0 spiro atoms. The van der Waals surface area contributed by atoms with Gasteiger partial charge in [0, 0.05) is 18.0 Å². The van der Waals surface area contributed by atoms with Crippen LogP contribution in [0.5, 0.6) is 5.75 Å². The Hall–Kier alpha value is -3.40. The summed E-state index contributed by atoms with van der Waals surface area (Å²) in [6.07, 6.45) is 3.23. The van der Waals surface area contributed by atoms with Gasteiger partial charge in [-0.2, -0.15) is 5.26 Å². The molecule has 0 atom stereocenters. The molecule has 0 N–H and O–H groups in total. The lowest BCUT2D eigenvalue weighted by molar-refractivity contribution is 0.289. The summed E-state index contributed by atoms with van der Waals surface area (Å²) < 4.78 is 11.7. The first kappa shape index (κ1) is 14.5. The molecule has 7 nitrogen and oxygen atoms in total. The summed E-state index contributed by atoms with van der Waals surface area (Å²) in [5, 5.41) is 12.8. The van der Waals surface area contributed by atoms with Crippen LogP contribution < -0.4 is 10.5 Å². The fourth-order valence-corrected chi connectivity index (χ4v) is 2.10. The van der Waals surface area contributed by atoms with Gasteiger partial charge in [-0.15, -0.1) is 0 Å². The van der Waals surface area contributed by atoms with E-state index >= 15 is 0 Å². The van der Waals surface area contributed by atoms with Crippen LogP contribution in [0.4, 0.5) is 0 Å². The zero-order valence-corrected chi connectivity index (χ0v) is 12.0. The first-order valence-corrected chi connectivity index (χ1v) is 6.88. The minimum atomic E-state index is -0.568. The summed E-state index contributed by atoms with van der Waals surface area (Å²) in [5.74, 6) is 0.295. The van der Waals surface area contributed by atoms with Gasteiger partial charge < -0.3 is 4.74 Å². The van der Waals surface area contributed by atoms with Gasteiger partial charge in [0.05, 0.1) is 12.1 Å². The highest BCUT2D eigenvalue weighted by Gasteiger charge is 2.13. The molecule has 0 amide bonds. The molecule has 1 aromatic carbocycles. The Morgan fingerprint density at radius 3 is 2.91 bits per heavy atom. The molecule has 7 heteroatoms. The second kappa shape index (κ2) is 6.58. The van der Waals surface area contributed by atoms with E-state index in [2.05, 4.69) is 16.2 Å². The zero-order chi connectivity index (χ0) is 16.1. The number of hydrogen-bond acceptors (Lipinski definition) is 6. The molecule has 23 heavy (non-hydrogen) atoms. The molecule has 0 aliphatic rings. The lowest BCUT2D eigenvalue weighted by Crippen LogP contribution is -2.20. The number of benzene rings is 1. The van der Waals surface area contributed by atoms with Crippen LogP contribution in [0.15, 0.2) is 58.1 Å². The first-order chi connectivity index (χ1) is 11.3. The van der Waals surface area contributed by atoms with Crippen molar-refractivity contribution in [2.45, 2.75) is 6.54 Å². The van der Waals surface area contributed by atoms with Crippen molar-refractivity contribution in [3.05, 3.63) is 64.9 Å². The smallest absolute Gasteiger partial charge is 0.441 e. The minimum absolute atomic E-state index is 0.201. The highest BCUT2D eigenvalue weighted by molar-refractivity contribution is 5.52. The lowest BCUT2D eigenvalue weighted by Gasteiger charge is -2.08. The molecule has 2 aromatic heterocycles. The van der Waals surface area contributed by atoms with Crippen LogP contribution in [0.25, 0.3) is 11.4 Å². The Bertz CT molecular complexity index is 893. The van der Waals surface area contributed by atoms with Crippen molar-refractivity contribution in [3.63, 3.8) is 0 Å². The molecular formula is C16H12N4O3. The number of pyridine rings is 1. The van der Waals surface area contributed by atoms with E-state index in [1.807, 2.05) is 0 Å². The van der Waals surface area contributed by atoms with Crippen LogP contribution in [-0.4, -0.2) is 21.3 Å². The van der Waals surface area contributed by atoms with Crippen LogP contribution in [-0.2, 0) is 6.54 Å². The van der Waals surface area contributed by atoms with Crippen molar-refractivity contribution in [2.75, 3.05) is 6.61 Å². The molecule has 3 aromatic rings. The fraction of sp³-hybridized carbons (Fsp3) is 0.125. The van der Waals surface area contributed by atoms with E-state index in [-0.39, 0.29) is 13.2 Å². The maximum absolute atomic E-state index is 11.8. The van der Waals surface area contributed by atoms with Crippen molar-refractivity contribution in [2.24, 2.45) is 0 Å². The Morgan fingerprint density at radius 2 is 2.13 bits per heavy atom. The molecule has 0 unspecified atom stereocenters.